The highest BCUT2D eigenvalue weighted by molar-refractivity contribution is 5.87. The van der Waals surface area contributed by atoms with Gasteiger partial charge >= 0.3 is 5.97 Å². The van der Waals surface area contributed by atoms with Gasteiger partial charge in [-0.3, -0.25) is 9.59 Å². The number of carbonyl (C=O) groups is 2. The highest BCUT2D eigenvalue weighted by Gasteiger charge is 2.11. The molecule has 1 aromatic carbocycles. The summed E-state index contributed by atoms with van der Waals surface area (Å²) in [6.45, 7) is 5.33. The monoisotopic (exact) mass is 247 g/mol. The van der Waals surface area contributed by atoms with Crippen molar-refractivity contribution in [3.8, 4) is 0 Å². The molecule has 18 heavy (non-hydrogen) atoms. The molecule has 0 saturated heterocycles. The number of rotatable bonds is 6. The molecular weight excluding hydrogens is 230 g/mol. The van der Waals surface area contributed by atoms with E-state index in [1.807, 2.05) is 30.3 Å². The molecule has 0 aliphatic heterocycles. The zero-order chi connectivity index (χ0) is 13.4. The third-order valence-corrected chi connectivity index (χ3v) is 2.29. The Hall–Kier alpha value is -2.10. The fourth-order valence-electron chi connectivity index (χ4n) is 1.40. The highest BCUT2D eigenvalue weighted by Crippen LogP contribution is 2.02. The van der Waals surface area contributed by atoms with Crippen LogP contribution in [0.4, 0.5) is 0 Å². The van der Waals surface area contributed by atoms with Crippen molar-refractivity contribution < 1.29 is 14.3 Å². The van der Waals surface area contributed by atoms with Crippen LogP contribution < -0.4 is 5.32 Å². The van der Waals surface area contributed by atoms with Gasteiger partial charge in [0.1, 0.15) is 6.61 Å². The molecule has 0 radical (unpaired) electrons. The first-order valence-corrected chi connectivity index (χ1v) is 5.74. The normalized spacial score (nSPS) is 11.4. The highest BCUT2D eigenvalue weighted by atomic mass is 16.5. The third kappa shape index (κ3) is 5.30. The van der Waals surface area contributed by atoms with Crippen molar-refractivity contribution in [3.05, 3.63) is 48.6 Å². The predicted octanol–water partition coefficient (Wildman–Crippen LogP) is 1.81. The molecule has 96 valence electrons. The first-order valence-electron chi connectivity index (χ1n) is 5.74. The number of ether oxygens (including phenoxy) is 1. The molecule has 1 unspecified atom stereocenters. The lowest BCUT2D eigenvalue weighted by Crippen LogP contribution is -2.33. The second-order valence-corrected chi connectivity index (χ2v) is 3.96. The van der Waals surface area contributed by atoms with Gasteiger partial charge in [-0.1, -0.05) is 36.9 Å². The molecule has 0 aromatic heterocycles. The van der Waals surface area contributed by atoms with E-state index >= 15 is 0 Å². The minimum atomic E-state index is -0.337. The van der Waals surface area contributed by atoms with Gasteiger partial charge in [0.15, 0.2) is 0 Å². The molecule has 4 heteroatoms. The molecule has 0 spiro atoms. The van der Waals surface area contributed by atoms with E-state index in [0.717, 1.165) is 5.56 Å². The molecule has 4 nitrogen and oxygen atoms in total. The van der Waals surface area contributed by atoms with Crippen molar-refractivity contribution in [2.45, 2.75) is 26.0 Å². The Morgan fingerprint density at radius 3 is 2.67 bits per heavy atom. The van der Waals surface area contributed by atoms with Gasteiger partial charge in [0.05, 0.1) is 6.42 Å². The average Bonchev–Trinajstić information content (AvgIpc) is 2.37. The maximum atomic E-state index is 11.5. The van der Waals surface area contributed by atoms with E-state index < -0.39 is 0 Å². The first-order chi connectivity index (χ1) is 8.61. The van der Waals surface area contributed by atoms with Crippen LogP contribution in [0.15, 0.2) is 43.0 Å². The second-order valence-electron chi connectivity index (χ2n) is 3.96. The van der Waals surface area contributed by atoms with Crippen LogP contribution in [0.1, 0.15) is 18.9 Å². The number of benzene rings is 1. The van der Waals surface area contributed by atoms with Crippen LogP contribution in [0.3, 0.4) is 0 Å². The second kappa shape index (κ2) is 7.27. The molecule has 1 aromatic rings. The number of hydrogen-bond acceptors (Lipinski definition) is 3. The van der Waals surface area contributed by atoms with Gasteiger partial charge in [-0.15, -0.1) is 0 Å². The van der Waals surface area contributed by atoms with Crippen LogP contribution >= 0.6 is 0 Å². The van der Waals surface area contributed by atoms with Gasteiger partial charge in [0, 0.05) is 6.04 Å². The van der Waals surface area contributed by atoms with E-state index in [-0.39, 0.29) is 30.9 Å². The topological polar surface area (TPSA) is 55.4 Å². The SMILES string of the molecule is C=CC(=O)NC(C)CC(=O)OCc1ccccc1. The fourth-order valence-corrected chi connectivity index (χ4v) is 1.40. The zero-order valence-corrected chi connectivity index (χ0v) is 10.4. The molecule has 0 bridgehead atoms. The van der Waals surface area contributed by atoms with Gasteiger partial charge < -0.3 is 10.1 Å². The summed E-state index contributed by atoms with van der Waals surface area (Å²) in [5.74, 6) is -0.630. The Kier molecular flexibility index (Phi) is 5.64. The number of hydrogen-bond donors (Lipinski definition) is 1. The molecule has 1 atom stereocenters. The van der Waals surface area contributed by atoms with Crippen LogP contribution in [-0.2, 0) is 20.9 Å². The summed E-state index contributed by atoms with van der Waals surface area (Å²) in [6, 6.07) is 9.18. The molecule has 1 amide bonds. The van der Waals surface area contributed by atoms with Gasteiger partial charge in [-0.25, -0.2) is 0 Å². The maximum absolute atomic E-state index is 11.5. The van der Waals surface area contributed by atoms with E-state index in [4.69, 9.17) is 4.74 Å². The number of nitrogens with one attached hydrogen (secondary N) is 1. The summed E-state index contributed by atoms with van der Waals surface area (Å²) in [5, 5.41) is 2.60. The van der Waals surface area contributed by atoms with Gasteiger partial charge in [-0.2, -0.15) is 0 Å². The summed E-state index contributed by atoms with van der Waals surface area (Å²) in [5.41, 5.74) is 0.939. The van der Waals surface area contributed by atoms with E-state index in [2.05, 4.69) is 11.9 Å². The van der Waals surface area contributed by atoms with Crippen molar-refractivity contribution in [3.63, 3.8) is 0 Å². The van der Waals surface area contributed by atoms with Crippen LogP contribution in [0.2, 0.25) is 0 Å². The fraction of sp³-hybridized carbons (Fsp3) is 0.286. The largest absolute Gasteiger partial charge is 0.461 e. The molecule has 1 rings (SSSR count). The van der Waals surface area contributed by atoms with Crippen molar-refractivity contribution in [2.75, 3.05) is 0 Å². The summed E-state index contributed by atoms with van der Waals surface area (Å²) in [7, 11) is 0. The van der Waals surface area contributed by atoms with E-state index in [1.165, 1.54) is 6.08 Å². The number of carbonyl (C=O) groups excluding carboxylic acids is 2. The van der Waals surface area contributed by atoms with Crippen LogP contribution in [-0.4, -0.2) is 17.9 Å². The number of esters is 1. The third-order valence-electron chi connectivity index (χ3n) is 2.29. The predicted molar refractivity (Wildman–Crippen MR) is 68.7 cm³/mol. The lowest BCUT2D eigenvalue weighted by molar-refractivity contribution is -0.145. The standard InChI is InChI=1S/C14H17NO3/c1-3-13(16)15-11(2)9-14(17)18-10-12-7-5-4-6-8-12/h3-8,11H,1,9-10H2,2H3,(H,15,16). The summed E-state index contributed by atoms with van der Waals surface area (Å²) < 4.78 is 5.10. The maximum Gasteiger partial charge on any atom is 0.308 e. The van der Waals surface area contributed by atoms with E-state index in [1.54, 1.807) is 6.92 Å². The Morgan fingerprint density at radius 1 is 1.39 bits per heavy atom. The molecule has 0 fully saturated rings. The van der Waals surface area contributed by atoms with Crippen molar-refractivity contribution in [1.82, 2.24) is 5.32 Å². The quantitative estimate of drug-likeness (QED) is 0.616. The van der Waals surface area contributed by atoms with Crippen molar-refractivity contribution in [2.24, 2.45) is 0 Å². The summed E-state index contributed by atoms with van der Waals surface area (Å²) >= 11 is 0. The summed E-state index contributed by atoms with van der Waals surface area (Å²) in [6.07, 6.45) is 1.32. The Labute approximate surface area is 107 Å². The van der Waals surface area contributed by atoms with Crippen LogP contribution in [0.5, 0.6) is 0 Å². The molecule has 0 saturated carbocycles. The van der Waals surface area contributed by atoms with Gasteiger partial charge in [0.25, 0.3) is 0 Å². The Morgan fingerprint density at radius 2 is 2.06 bits per heavy atom. The summed E-state index contributed by atoms with van der Waals surface area (Å²) in [4.78, 5) is 22.5. The minimum Gasteiger partial charge on any atom is -0.461 e. The minimum absolute atomic E-state index is 0.145. The van der Waals surface area contributed by atoms with E-state index in [0.29, 0.717) is 0 Å². The molecule has 0 heterocycles. The number of amides is 1. The average molecular weight is 247 g/mol. The van der Waals surface area contributed by atoms with Crippen LogP contribution in [0.25, 0.3) is 0 Å². The molecular formula is C14H17NO3. The lowest BCUT2D eigenvalue weighted by Gasteiger charge is -2.11. The molecule has 1 N–H and O–H groups in total. The Bertz CT molecular complexity index is 414. The molecule has 0 aliphatic carbocycles. The van der Waals surface area contributed by atoms with E-state index in [9.17, 15) is 9.59 Å². The van der Waals surface area contributed by atoms with Crippen molar-refractivity contribution >= 4 is 11.9 Å². The zero-order valence-electron chi connectivity index (χ0n) is 10.4. The lowest BCUT2D eigenvalue weighted by atomic mass is 10.2. The van der Waals surface area contributed by atoms with Gasteiger partial charge in [0.2, 0.25) is 5.91 Å². The molecule has 0 aliphatic rings. The smallest absolute Gasteiger partial charge is 0.308 e. The van der Waals surface area contributed by atoms with Crippen LogP contribution in [0, 0.1) is 0 Å². The van der Waals surface area contributed by atoms with Crippen molar-refractivity contribution in [1.29, 1.82) is 0 Å². The Balaban J connectivity index is 2.29. The van der Waals surface area contributed by atoms with Gasteiger partial charge in [-0.05, 0) is 18.6 Å². The first kappa shape index (κ1) is 14.0.